The normalized spacial score (nSPS) is 12.6. The summed E-state index contributed by atoms with van der Waals surface area (Å²) in [5.74, 6) is -3.04. The SMILES string of the molecule is COc1ccc(C(CC(=O)O)NC(=O)C(F)(F)F)cc1. The van der Waals surface area contributed by atoms with Crippen LogP contribution in [0.3, 0.4) is 0 Å². The number of rotatable bonds is 5. The largest absolute Gasteiger partial charge is 0.497 e. The molecule has 1 unspecified atom stereocenters. The summed E-state index contributed by atoms with van der Waals surface area (Å²) in [6.07, 6.45) is -5.72. The van der Waals surface area contributed by atoms with Crippen molar-refractivity contribution in [2.75, 3.05) is 7.11 Å². The number of carbonyl (C=O) groups is 2. The summed E-state index contributed by atoms with van der Waals surface area (Å²) < 4.78 is 41.5. The molecule has 0 saturated carbocycles. The minimum Gasteiger partial charge on any atom is -0.497 e. The fourth-order valence-corrected chi connectivity index (χ4v) is 1.50. The third kappa shape index (κ3) is 4.45. The summed E-state index contributed by atoms with van der Waals surface area (Å²) in [6, 6.07) is 4.44. The van der Waals surface area contributed by atoms with Gasteiger partial charge in [0.05, 0.1) is 19.6 Å². The fourth-order valence-electron chi connectivity index (χ4n) is 1.50. The van der Waals surface area contributed by atoms with Crippen LogP contribution in [0.25, 0.3) is 0 Å². The summed E-state index contributed by atoms with van der Waals surface area (Å²) in [6.45, 7) is 0. The molecule has 0 radical (unpaired) electrons. The van der Waals surface area contributed by atoms with Crippen molar-refractivity contribution < 1.29 is 32.6 Å². The number of carbonyl (C=O) groups excluding carboxylic acids is 1. The molecule has 0 heterocycles. The van der Waals surface area contributed by atoms with Gasteiger partial charge >= 0.3 is 18.1 Å². The third-order valence-corrected chi connectivity index (χ3v) is 2.46. The Labute approximate surface area is 112 Å². The average molecular weight is 291 g/mol. The van der Waals surface area contributed by atoms with E-state index < -0.39 is 30.5 Å². The summed E-state index contributed by atoms with van der Waals surface area (Å²) in [5, 5.41) is 10.4. The van der Waals surface area contributed by atoms with Gasteiger partial charge in [0.1, 0.15) is 5.75 Å². The number of carboxylic acids is 1. The van der Waals surface area contributed by atoms with Crippen LogP contribution < -0.4 is 10.1 Å². The number of methoxy groups -OCH3 is 1. The first-order chi connectivity index (χ1) is 9.24. The number of halogens is 3. The number of alkyl halides is 3. The van der Waals surface area contributed by atoms with Crippen molar-refractivity contribution >= 4 is 11.9 Å². The Morgan fingerprint density at radius 1 is 1.30 bits per heavy atom. The number of amides is 1. The maximum absolute atomic E-state index is 12.2. The Morgan fingerprint density at radius 3 is 2.25 bits per heavy atom. The molecule has 0 spiro atoms. The molecule has 0 saturated heterocycles. The summed E-state index contributed by atoms with van der Waals surface area (Å²) >= 11 is 0. The molecule has 8 heteroatoms. The number of nitrogens with one attached hydrogen (secondary N) is 1. The maximum Gasteiger partial charge on any atom is 0.471 e. The molecule has 0 aromatic heterocycles. The lowest BCUT2D eigenvalue weighted by Crippen LogP contribution is -2.39. The predicted octanol–water partition coefficient (Wildman–Crippen LogP) is 1.89. The number of carboxylic acid groups (broad SMARTS) is 1. The molecule has 1 aromatic carbocycles. The first kappa shape index (κ1) is 15.8. The van der Waals surface area contributed by atoms with Gasteiger partial charge in [0.15, 0.2) is 0 Å². The predicted molar refractivity (Wildman–Crippen MR) is 62.2 cm³/mol. The average Bonchev–Trinajstić information content (AvgIpc) is 2.36. The third-order valence-electron chi connectivity index (χ3n) is 2.46. The van der Waals surface area contributed by atoms with Crippen molar-refractivity contribution in [3.05, 3.63) is 29.8 Å². The van der Waals surface area contributed by atoms with Gasteiger partial charge in [-0.3, -0.25) is 9.59 Å². The highest BCUT2D eigenvalue weighted by Crippen LogP contribution is 2.23. The van der Waals surface area contributed by atoms with Crippen molar-refractivity contribution in [1.82, 2.24) is 5.32 Å². The summed E-state index contributed by atoms with van der Waals surface area (Å²) in [4.78, 5) is 21.6. The smallest absolute Gasteiger partial charge is 0.471 e. The van der Waals surface area contributed by atoms with Crippen LogP contribution in [0.5, 0.6) is 5.75 Å². The zero-order valence-electron chi connectivity index (χ0n) is 10.4. The summed E-state index contributed by atoms with van der Waals surface area (Å²) in [7, 11) is 1.41. The molecule has 2 N–H and O–H groups in total. The van der Waals surface area contributed by atoms with Gasteiger partial charge in [0, 0.05) is 0 Å². The van der Waals surface area contributed by atoms with Crippen LogP contribution in [0.2, 0.25) is 0 Å². The van der Waals surface area contributed by atoms with Crippen molar-refractivity contribution in [3.8, 4) is 5.75 Å². The fraction of sp³-hybridized carbons (Fsp3) is 0.333. The molecule has 1 aromatic rings. The van der Waals surface area contributed by atoms with E-state index in [1.807, 2.05) is 0 Å². The molecule has 5 nitrogen and oxygen atoms in total. The quantitative estimate of drug-likeness (QED) is 0.868. The lowest BCUT2D eigenvalue weighted by Gasteiger charge is -2.18. The molecule has 110 valence electrons. The van der Waals surface area contributed by atoms with Crippen LogP contribution in [-0.2, 0) is 9.59 Å². The van der Waals surface area contributed by atoms with E-state index in [1.165, 1.54) is 31.4 Å². The number of hydrogen-bond donors (Lipinski definition) is 2. The minimum absolute atomic E-state index is 0.241. The Hall–Kier alpha value is -2.25. The van der Waals surface area contributed by atoms with E-state index in [2.05, 4.69) is 0 Å². The Morgan fingerprint density at radius 2 is 1.85 bits per heavy atom. The van der Waals surface area contributed by atoms with Gasteiger partial charge in [-0.15, -0.1) is 0 Å². The van der Waals surface area contributed by atoms with Gasteiger partial charge in [0.2, 0.25) is 0 Å². The van der Waals surface area contributed by atoms with Crippen LogP contribution in [0, 0.1) is 0 Å². The van der Waals surface area contributed by atoms with E-state index in [-0.39, 0.29) is 5.56 Å². The monoisotopic (exact) mass is 291 g/mol. The molecule has 0 aliphatic carbocycles. The molecule has 1 amide bonds. The van der Waals surface area contributed by atoms with Crippen molar-refractivity contribution in [3.63, 3.8) is 0 Å². The number of aliphatic carboxylic acids is 1. The highest BCUT2D eigenvalue weighted by atomic mass is 19.4. The topological polar surface area (TPSA) is 75.6 Å². The highest BCUT2D eigenvalue weighted by molar-refractivity contribution is 5.82. The highest BCUT2D eigenvalue weighted by Gasteiger charge is 2.40. The minimum atomic E-state index is -5.07. The van der Waals surface area contributed by atoms with Gasteiger partial charge < -0.3 is 15.2 Å². The van der Waals surface area contributed by atoms with Gasteiger partial charge in [-0.2, -0.15) is 13.2 Å². The van der Waals surface area contributed by atoms with Crippen LogP contribution >= 0.6 is 0 Å². The van der Waals surface area contributed by atoms with E-state index in [1.54, 1.807) is 5.32 Å². The first-order valence-electron chi connectivity index (χ1n) is 5.47. The second-order valence-electron chi connectivity index (χ2n) is 3.89. The molecule has 20 heavy (non-hydrogen) atoms. The zero-order valence-corrected chi connectivity index (χ0v) is 10.4. The van der Waals surface area contributed by atoms with Crippen LogP contribution in [0.15, 0.2) is 24.3 Å². The van der Waals surface area contributed by atoms with E-state index in [0.717, 1.165) is 0 Å². The first-order valence-corrected chi connectivity index (χ1v) is 5.47. The zero-order chi connectivity index (χ0) is 15.3. The van der Waals surface area contributed by atoms with E-state index >= 15 is 0 Å². The lowest BCUT2D eigenvalue weighted by atomic mass is 10.0. The molecule has 0 fully saturated rings. The van der Waals surface area contributed by atoms with Gasteiger partial charge in [0.25, 0.3) is 0 Å². The Bertz CT molecular complexity index is 484. The maximum atomic E-state index is 12.2. The molecular formula is C12H12F3NO4. The second-order valence-corrected chi connectivity index (χ2v) is 3.89. The van der Waals surface area contributed by atoms with E-state index in [0.29, 0.717) is 5.75 Å². The van der Waals surface area contributed by atoms with Gasteiger partial charge in [-0.25, -0.2) is 0 Å². The Kier molecular flexibility index (Phi) is 4.95. The van der Waals surface area contributed by atoms with Gasteiger partial charge in [-0.1, -0.05) is 12.1 Å². The standard InChI is InChI=1S/C12H12F3NO4/c1-20-8-4-2-7(3-5-8)9(6-10(17)18)16-11(19)12(13,14)15/h2-5,9H,6H2,1H3,(H,16,19)(H,17,18). The molecule has 0 bridgehead atoms. The van der Waals surface area contributed by atoms with Crippen LogP contribution in [0.4, 0.5) is 13.2 Å². The number of benzene rings is 1. The molecule has 0 aliphatic rings. The number of ether oxygens (including phenoxy) is 1. The van der Waals surface area contributed by atoms with Crippen molar-refractivity contribution in [2.24, 2.45) is 0 Å². The van der Waals surface area contributed by atoms with Crippen molar-refractivity contribution in [2.45, 2.75) is 18.6 Å². The van der Waals surface area contributed by atoms with Crippen molar-refractivity contribution in [1.29, 1.82) is 0 Å². The lowest BCUT2D eigenvalue weighted by molar-refractivity contribution is -0.174. The van der Waals surface area contributed by atoms with E-state index in [4.69, 9.17) is 9.84 Å². The number of hydrogen-bond acceptors (Lipinski definition) is 3. The molecule has 0 aliphatic heterocycles. The van der Waals surface area contributed by atoms with Crippen LogP contribution in [-0.4, -0.2) is 30.3 Å². The second kappa shape index (κ2) is 6.27. The Balaban J connectivity index is 2.93. The molecule has 1 atom stereocenters. The molecular weight excluding hydrogens is 279 g/mol. The van der Waals surface area contributed by atoms with E-state index in [9.17, 15) is 22.8 Å². The van der Waals surface area contributed by atoms with Gasteiger partial charge in [-0.05, 0) is 17.7 Å². The van der Waals surface area contributed by atoms with Crippen LogP contribution in [0.1, 0.15) is 18.0 Å². The summed E-state index contributed by atoms with van der Waals surface area (Å²) in [5.41, 5.74) is 0.241. The molecule has 1 rings (SSSR count).